The number of alkyl halides is 1. The minimum atomic E-state index is 0.927. The van der Waals surface area contributed by atoms with E-state index in [0.29, 0.717) is 0 Å². The molecular weight excluding hydrogens is 361 g/mol. The van der Waals surface area contributed by atoms with Crippen LogP contribution in [0, 0.1) is 13.8 Å². The fourth-order valence-electron chi connectivity index (χ4n) is 2.54. The topological polar surface area (TPSA) is 30.7 Å². The number of aromatic nitrogens is 3. The zero-order valence-electron chi connectivity index (χ0n) is 11.8. The zero-order valence-corrected chi connectivity index (χ0v) is 14.0. The van der Waals surface area contributed by atoms with Crippen LogP contribution >= 0.6 is 22.6 Å². The second-order valence-corrected chi connectivity index (χ2v) is 5.72. The van der Waals surface area contributed by atoms with Crippen LogP contribution in [0.25, 0.3) is 22.4 Å². The standard InChI is InChI=1S/C16H16IN3/c1-10-11(2)19-16-14(18-10)13(9-17)15(20(16)3)12-7-5-4-6-8-12/h4-8H,9H2,1-3H3. The first-order valence-corrected chi connectivity index (χ1v) is 8.10. The van der Waals surface area contributed by atoms with Crippen molar-refractivity contribution >= 4 is 33.8 Å². The van der Waals surface area contributed by atoms with Crippen molar-refractivity contribution in [1.82, 2.24) is 14.5 Å². The quantitative estimate of drug-likeness (QED) is 0.495. The first-order chi connectivity index (χ1) is 9.63. The van der Waals surface area contributed by atoms with Gasteiger partial charge in [0.25, 0.3) is 0 Å². The van der Waals surface area contributed by atoms with Gasteiger partial charge in [0, 0.05) is 17.0 Å². The molecule has 4 heteroatoms. The molecule has 20 heavy (non-hydrogen) atoms. The van der Waals surface area contributed by atoms with Crippen molar-refractivity contribution in [2.45, 2.75) is 18.3 Å². The van der Waals surface area contributed by atoms with Crippen molar-refractivity contribution in [3.8, 4) is 11.3 Å². The molecule has 0 saturated heterocycles. The molecule has 0 aliphatic carbocycles. The van der Waals surface area contributed by atoms with Crippen LogP contribution in [0.4, 0.5) is 0 Å². The summed E-state index contributed by atoms with van der Waals surface area (Å²) in [6.45, 7) is 4.04. The van der Waals surface area contributed by atoms with Gasteiger partial charge in [0.2, 0.25) is 0 Å². The third-order valence-corrected chi connectivity index (χ3v) is 4.46. The highest BCUT2D eigenvalue weighted by Gasteiger charge is 2.18. The predicted octanol–water partition coefficient (Wildman–Crippen LogP) is 4.19. The molecule has 0 radical (unpaired) electrons. The fourth-order valence-corrected chi connectivity index (χ4v) is 3.26. The lowest BCUT2D eigenvalue weighted by molar-refractivity contribution is 0.940. The number of halogens is 1. The smallest absolute Gasteiger partial charge is 0.159 e. The van der Waals surface area contributed by atoms with Gasteiger partial charge in [0.15, 0.2) is 5.65 Å². The number of hydrogen-bond donors (Lipinski definition) is 0. The van der Waals surface area contributed by atoms with Gasteiger partial charge in [-0.25, -0.2) is 9.97 Å². The number of rotatable bonds is 2. The Bertz CT molecular complexity index is 776. The van der Waals surface area contributed by atoms with E-state index < -0.39 is 0 Å². The molecule has 0 atom stereocenters. The predicted molar refractivity (Wildman–Crippen MR) is 91.1 cm³/mol. The molecule has 0 unspecified atom stereocenters. The molecule has 0 amide bonds. The average molecular weight is 377 g/mol. The average Bonchev–Trinajstić information content (AvgIpc) is 2.73. The van der Waals surface area contributed by atoms with Gasteiger partial charge in [0.05, 0.1) is 17.1 Å². The number of fused-ring (bicyclic) bond motifs is 1. The number of hydrogen-bond acceptors (Lipinski definition) is 2. The first-order valence-electron chi connectivity index (χ1n) is 6.57. The van der Waals surface area contributed by atoms with Gasteiger partial charge >= 0.3 is 0 Å². The van der Waals surface area contributed by atoms with E-state index in [4.69, 9.17) is 9.97 Å². The lowest BCUT2D eigenvalue weighted by Crippen LogP contribution is -1.97. The van der Waals surface area contributed by atoms with E-state index in [-0.39, 0.29) is 0 Å². The maximum atomic E-state index is 4.76. The molecule has 2 heterocycles. The summed E-state index contributed by atoms with van der Waals surface area (Å²) in [5, 5.41) is 0. The summed E-state index contributed by atoms with van der Waals surface area (Å²) < 4.78 is 3.09. The minimum Gasteiger partial charge on any atom is -0.327 e. The SMILES string of the molecule is Cc1nc2c(CI)c(-c3ccccc3)n(C)c2nc1C. The Morgan fingerprint density at radius 2 is 1.70 bits per heavy atom. The summed E-state index contributed by atoms with van der Waals surface area (Å²) in [6.07, 6.45) is 0. The van der Waals surface area contributed by atoms with E-state index >= 15 is 0 Å². The minimum absolute atomic E-state index is 0.927. The highest BCUT2D eigenvalue weighted by atomic mass is 127. The van der Waals surface area contributed by atoms with Gasteiger partial charge in [-0.15, -0.1) is 0 Å². The Morgan fingerprint density at radius 3 is 2.35 bits per heavy atom. The Labute approximate surface area is 132 Å². The van der Waals surface area contributed by atoms with Crippen molar-refractivity contribution in [2.75, 3.05) is 0 Å². The van der Waals surface area contributed by atoms with Gasteiger partial charge in [-0.3, -0.25) is 0 Å². The maximum Gasteiger partial charge on any atom is 0.159 e. The monoisotopic (exact) mass is 377 g/mol. The van der Waals surface area contributed by atoms with Crippen LogP contribution in [0.15, 0.2) is 30.3 Å². The lowest BCUT2D eigenvalue weighted by Gasteiger charge is -2.05. The molecular formula is C16H16IN3. The van der Waals surface area contributed by atoms with Gasteiger partial charge in [-0.2, -0.15) is 0 Å². The molecule has 102 valence electrons. The van der Waals surface area contributed by atoms with E-state index in [1.165, 1.54) is 16.8 Å². The third kappa shape index (κ3) is 2.02. The third-order valence-electron chi connectivity index (χ3n) is 3.69. The van der Waals surface area contributed by atoms with Crippen LogP contribution in [0.5, 0.6) is 0 Å². The highest BCUT2D eigenvalue weighted by Crippen LogP contribution is 2.33. The van der Waals surface area contributed by atoms with E-state index in [1.807, 2.05) is 19.9 Å². The van der Waals surface area contributed by atoms with Crippen LogP contribution in [0.3, 0.4) is 0 Å². The molecule has 2 aromatic heterocycles. The number of aryl methyl sites for hydroxylation is 3. The molecule has 0 aliphatic heterocycles. The Kier molecular flexibility index (Phi) is 3.50. The second-order valence-electron chi connectivity index (χ2n) is 4.95. The van der Waals surface area contributed by atoms with Crippen molar-refractivity contribution < 1.29 is 0 Å². The van der Waals surface area contributed by atoms with Gasteiger partial charge < -0.3 is 4.57 Å². The summed E-state index contributed by atoms with van der Waals surface area (Å²) >= 11 is 2.41. The van der Waals surface area contributed by atoms with E-state index in [0.717, 1.165) is 27.0 Å². The highest BCUT2D eigenvalue weighted by molar-refractivity contribution is 14.1. The normalized spacial score (nSPS) is 11.2. The van der Waals surface area contributed by atoms with Crippen molar-refractivity contribution in [2.24, 2.45) is 7.05 Å². The lowest BCUT2D eigenvalue weighted by atomic mass is 10.1. The van der Waals surface area contributed by atoms with Crippen LogP contribution in [0.2, 0.25) is 0 Å². The molecule has 0 fully saturated rings. The van der Waals surface area contributed by atoms with Crippen LogP contribution < -0.4 is 0 Å². The molecule has 3 rings (SSSR count). The molecule has 0 spiro atoms. The number of nitrogens with zero attached hydrogens (tertiary/aromatic N) is 3. The summed E-state index contributed by atoms with van der Waals surface area (Å²) in [5.74, 6) is 0. The van der Waals surface area contributed by atoms with Crippen LogP contribution in [0.1, 0.15) is 17.0 Å². The maximum absolute atomic E-state index is 4.76. The van der Waals surface area contributed by atoms with Crippen molar-refractivity contribution in [1.29, 1.82) is 0 Å². The summed E-state index contributed by atoms with van der Waals surface area (Å²) in [4.78, 5) is 9.49. The molecule has 3 nitrogen and oxygen atoms in total. The largest absolute Gasteiger partial charge is 0.327 e. The van der Waals surface area contributed by atoms with Gasteiger partial charge in [-0.05, 0) is 19.4 Å². The molecule has 3 aromatic rings. The summed E-state index contributed by atoms with van der Waals surface area (Å²) in [7, 11) is 2.07. The van der Waals surface area contributed by atoms with Gasteiger partial charge in [-0.1, -0.05) is 52.9 Å². The molecule has 0 N–H and O–H groups in total. The van der Waals surface area contributed by atoms with Gasteiger partial charge in [0.1, 0.15) is 5.52 Å². The Hall–Kier alpha value is -1.43. The van der Waals surface area contributed by atoms with E-state index in [9.17, 15) is 0 Å². The summed E-state index contributed by atoms with van der Waals surface area (Å²) in [5.41, 5.74) is 7.72. The van der Waals surface area contributed by atoms with Crippen LogP contribution in [-0.4, -0.2) is 14.5 Å². The van der Waals surface area contributed by atoms with Crippen molar-refractivity contribution in [3.05, 3.63) is 47.3 Å². The Morgan fingerprint density at radius 1 is 1.05 bits per heavy atom. The molecule has 1 aromatic carbocycles. The van der Waals surface area contributed by atoms with E-state index in [2.05, 4.69) is 58.5 Å². The Balaban J connectivity index is 2.41. The molecule has 0 aliphatic rings. The first kappa shape index (κ1) is 13.5. The van der Waals surface area contributed by atoms with E-state index in [1.54, 1.807) is 0 Å². The second kappa shape index (κ2) is 5.16. The van der Waals surface area contributed by atoms with Crippen LogP contribution in [-0.2, 0) is 11.5 Å². The van der Waals surface area contributed by atoms with Crippen molar-refractivity contribution in [3.63, 3.8) is 0 Å². The fraction of sp³-hybridized carbons (Fsp3) is 0.250. The zero-order chi connectivity index (χ0) is 14.3. The number of benzene rings is 1. The molecule has 0 saturated carbocycles. The summed E-state index contributed by atoms with van der Waals surface area (Å²) in [6, 6.07) is 10.5. The molecule has 0 bridgehead atoms.